The van der Waals surface area contributed by atoms with Gasteiger partial charge in [0.05, 0.1) is 18.2 Å². The number of hydrogen-bond donors (Lipinski definition) is 1. The zero-order valence-corrected chi connectivity index (χ0v) is 19.4. The van der Waals surface area contributed by atoms with Gasteiger partial charge < -0.3 is 14.8 Å². The number of rotatable bonds is 6. The van der Waals surface area contributed by atoms with Crippen molar-refractivity contribution in [3.05, 3.63) is 35.1 Å². The quantitative estimate of drug-likeness (QED) is 0.623. The van der Waals surface area contributed by atoms with E-state index in [0.717, 1.165) is 63.1 Å². The van der Waals surface area contributed by atoms with Gasteiger partial charge in [-0.1, -0.05) is 19.8 Å². The van der Waals surface area contributed by atoms with E-state index in [-0.39, 0.29) is 23.9 Å². The van der Waals surface area contributed by atoms with Crippen LogP contribution in [0.2, 0.25) is 0 Å². The van der Waals surface area contributed by atoms with Crippen LogP contribution in [0.3, 0.4) is 0 Å². The molecule has 0 amide bonds. The number of ether oxygens (including phenoxy) is 2. The third kappa shape index (κ3) is 4.67. The standard InChI is InChI=1S/C26H38N2O3/c1-4-27-17-11-13-21-23(15-17)31-24-16-18(28-5-2)12-14-22(24)25(21)19-9-7-8-10-20(19)26(29)30-6-3/h11,13,15,18-20,22,24,28H,4-10,12,14,16H2,1-3H3. The fraction of sp³-hybridized carbons (Fsp3) is 0.692. The van der Waals surface area contributed by atoms with E-state index in [4.69, 9.17) is 9.47 Å². The van der Waals surface area contributed by atoms with Crippen LogP contribution in [0.5, 0.6) is 0 Å². The third-order valence-electron chi connectivity index (χ3n) is 7.33. The van der Waals surface area contributed by atoms with Gasteiger partial charge in [0.15, 0.2) is 0 Å². The molecule has 1 N–H and O–H groups in total. The summed E-state index contributed by atoms with van der Waals surface area (Å²) in [6, 6.07) is 0.504. The van der Waals surface area contributed by atoms with Gasteiger partial charge in [0.2, 0.25) is 0 Å². The number of esters is 1. The smallest absolute Gasteiger partial charge is 0.309 e. The van der Waals surface area contributed by atoms with Gasteiger partial charge in [-0.25, -0.2) is 0 Å². The molecule has 31 heavy (non-hydrogen) atoms. The van der Waals surface area contributed by atoms with Crippen molar-refractivity contribution >= 4 is 11.7 Å². The summed E-state index contributed by atoms with van der Waals surface area (Å²) in [5, 5.41) is 3.63. The summed E-state index contributed by atoms with van der Waals surface area (Å²) in [5.41, 5.74) is 3.64. The molecular weight excluding hydrogens is 388 g/mol. The SMILES string of the molecule is CCN=C1C=CC2=C(C3CCCCC3C(=O)OCC)C3CCC(NCC)CC3OC2=C1. The van der Waals surface area contributed by atoms with Crippen LogP contribution < -0.4 is 5.32 Å². The van der Waals surface area contributed by atoms with Crippen LogP contribution in [0.25, 0.3) is 0 Å². The lowest BCUT2D eigenvalue weighted by Gasteiger charge is -2.46. The number of nitrogens with zero attached hydrogens (tertiary/aromatic N) is 1. The molecule has 0 aromatic rings. The summed E-state index contributed by atoms with van der Waals surface area (Å²) < 4.78 is 12.1. The molecule has 0 aromatic carbocycles. The van der Waals surface area contributed by atoms with Gasteiger partial charge in [0, 0.05) is 36.6 Å². The summed E-state index contributed by atoms with van der Waals surface area (Å²) in [7, 11) is 0. The molecule has 1 aliphatic heterocycles. The van der Waals surface area contributed by atoms with Gasteiger partial charge >= 0.3 is 5.97 Å². The molecule has 1 heterocycles. The predicted octanol–water partition coefficient (Wildman–Crippen LogP) is 4.74. The van der Waals surface area contributed by atoms with Crippen molar-refractivity contribution in [2.75, 3.05) is 19.7 Å². The van der Waals surface area contributed by atoms with Crippen LogP contribution in [0, 0.1) is 17.8 Å². The maximum Gasteiger partial charge on any atom is 0.309 e. The molecule has 5 unspecified atom stereocenters. The molecule has 0 radical (unpaired) electrons. The minimum atomic E-state index is -0.0261. The van der Waals surface area contributed by atoms with Crippen LogP contribution >= 0.6 is 0 Å². The van der Waals surface area contributed by atoms with Gasteiger partial charge in [-0.15, -0.1) is 0 Å². The van der Waals surface area contributed by atoms with Gasteiger partial charge in [-0.3, -0.25) is 9.79 Å². The van der Waals surface area contributed by atoms with Crippen molar-refractivity contribution < 1.29 is 14.3 Å². The predicted molar refractivity (Wildman–Crippen MR) is 124 cm³/mol. The Labute approximate surface area is 187 Å². The fourth-order valence-electron chi connectivity index (χ4n) is 6.09. The summed E-state index contributed by atoms with van der Waals surface area (Å²) >= 11 is 0. The van der Waals surface area contributed by atoms with Crippen LogP contribution in [0.1, 0.15) is 65.7 Å². The maximum atomic E-state index is 12.9. The summed E-state index contributed by atoms with van der Waals surface area (Å²) in [4.78, 5) is 17.5. The molecule has 0 aromatic heterocycles. The lowest BCUT2D eigenvalue weighted by molar-refractivity contribution is -0.151. The van der Waals surface area contributed by atoms with Crippen molar-refractivity contribution in [3.63, 3.8) is 0 Å². The average molecular weight is 427 g/mol. The molecule has 2 fully saturated rings. The molecule has 4 aliphatic rings. The lowest BCUT2D eigenvalue weighted by atomic mass is 9.65. The number of carbonyl (C=O) groups is 1. The zero-order valence-electron chi connectivity index (χ0n) is 19.4. The van der Waals surface area contributed by atoms with E-state index < -0.39 is 0 Å². The van der Waals surface area contributed by atoms with E-state index in [0.29, 0.717) is 18.6 Å². The van der Waals surface area contributed by atoms with E-state index in [9.17, 15) is 4.79 Å². The first kappa shape index (κ1) is 22.3. The molecule has 0 saturated heterocycles. The third-order valence-corrected chi connectivity index (χ3v) is 7.33. The Balaban J connectivity index is 1.73. The molecule has 5 atom stereocenters. The second-order valence-corrected chi connectivity index (χ2v) is 9.19. The van der Waals surface area contributed by atoms with E-state index >= 15 is 0 Å². The molecule has 5 heteroatoms. The molecule has 4 rings (SSSR count). The largest absolute Gasteiger partial charge is 0.489 e. The number of carbonyl (C=O) groups excluding carboxylic acids is 1. The topological polar surface area (TPSA) is 59.9 Å². The zero-order chi connectivity index (χ0) is 21.8. The van der Waals surface area contributed by atoms with Crippen LogP contribution in [0.15, 0.2) is 40.1 Å². The minimum Gasteiger partial charge on any atom is -0.489 e. The van der Waals surface area contributed by atoms with Crippen molar-refractivity contribution in [1.29, 1.82) is 0 Å². The highest BCUT2D eigenvalue weighted by Crippen LogP contribution is 2.50. The lowest BCUT2D eigenvalue weighted by Crippen LogP contribution is -2.46. The first-order chi connectivity index (χ1) is 15.2. The first-order valence-corrected chi connectivity index (χ1v) is 12.4. The van der Waals surface area contributed by atoms with Gasteiger partial charge in [-0.2, -0.15) is 0 Å². The van der Waals surface area contributed by atoms with Gasteiger partial charge in [-0.05, 0) is 69.7 Å². The van der Waals surface area contributed by atoms with E-state index in [1.807, 2.05) is 6.92 Å². The Morgan fingerprint density at radius 1 is 1.13 bits per heavy atom. The average Bonchev–Trinajstić information content (AvgIpc) is 2.78. The number of aliphatic imine (C=N–C) groups is 1. The number of hydrogen-bond acceptors (Lipinski definition) is 5. The van der Waals surface area contributed by atoms with Crippen LogP contribution in [-0.2, 0) is 14.3 Å². The molecule has 5 nitrogen and oxygen atoms in total. The minimum absolute atomic E-state index is 0.0109. The summed E-state index contributed by atoms with van der Waals surface area (Å²) in [6.45, 7) is 8.34. The second kappa shape index (κ2) is 10.2. The highest BCUT2D eigenvalue weighted by Gasteiger charge is 2.46. The highest BCUT2D eigenvalue weighted by molar-refractivity contribution is 6.06. The van der Waals surface area contributed by atoms with Crippen molar-refractivity contribution in [1.82, 2.24) is 5.32 Å². The number of nitrogens with one attached hydrogen (secondary N) is 1. The maximum absolute atomic E-state index is 12.9. The Morgan fingerprint density at radius 2 is 1.97 bits per heavy atom. The molecular formula is C26H38N2O3. The molecule has 170 valence electrons. The molecule has 0 bridgehead atoms. The van der Waals surface area contributed by atoms with Crippen molar-refractivity contribution in [2.24, 2.45) is 22.7 Å². The van der Waals surface area contributed by atoms with Gasteiger partial charge in [0.1, 0.15) is 11.9 Å². The summed E-state index contributed by atoms with van der Waals surface area (Å²) in [5.74, 6) is 1.56. The fourth-order valence-corrected chi connectivity index (χ4v) is 6.09. The van der Waals surface area contributed by atoms with E-state index in [2.05, 4.69) is 42.4 Å². The highest BCUT2D eigenvalue weighted by atomic mass is 16.5. The Bertz CT molecular complexity index is 794. The Morgan fingerprint density at radius 3 is 2.74 bits per heavy atom. The normalized spacial score (nSPS) is 34.0. The summed E-state index contributed by atoms with van der Waals surface area (Å²) in [6.07, 6.45) is 14.2. The number of fused-ring (bicyclic) bond motifs is 2. The number of allylic oxidation sites excluding steroid dienone is 3. The van der Waals surface area contributed by atoms with Crippen molar-refractivity contribution in [3.8, 4) is 0 Å². The van der Waals surface area contributed by atoms with Gasteiger partial charge in [0.25, 0.3) is 0 Å². The molecule has 3 aliphatic carbocycles. The monoisotopic (exact) mass is 426 g/mol. The molecule has 0 spiro atoms. The first-order valence-electron chi connectivity index (χ1n) is 12.4. The Kier molecular flexibility index (Phi) is 7.31. The van der Waals surface area contributed by atoms with E-state index in [1.165, 1.54) is 17.6 Å². The Hall–Kier alpha value is -1.88. The van der Waals surface area contributed by atoms with Crippen LogP contribution in [0.4, 0.5) is 0 Å². The van der Waals surface area contributed by atoms with Crippen LogP contribution in [-0.4, -0.2) is 43.5 Å². The molecule has 2 saturated carbocycles. The second-order valence-electron chi connectivity index (χ2n) is 9.19. The van der Waals surface area contributed by atoms with Crippen molar-refractivity contribution in [2.45, 2.75) is 77.9 Å². The van der Waals surface area contributed by atoms with E-state index in [1.54, 1.807) is 0 Å².